The summed E-state index contributed by atoms with van der Waals surface area (Å²) in [4.78, 5) is 0. The Morgan fingerprint density at radius 2 is 2.43 bits per heavy atom. The van der Waals surface area contributed by atoms with E-state index >= 15 is 0 Å². The second-order valence-electron chi connectivity index (χ2n) is 4.18. The number of hydrogen-bond acceptors (Lipinski definition) is 1. The molecule has 78 valence electrons. The monoisotopic (exact) mass is 303 g/mol. The Bertz CT molecular complexity index is 278. The van der Waals surface area contributed by atoms with E-state index in [1.54, 1.807) is 0 Å². The van der Waals surface area contributed by atoms with Crippen LogP contribution in [0.2, 0.25) is 0 Å². The Morgan fingerprint density at radius 1 is 1.50 bits per heavy atom. The SMILES string of the molecule is NC1=CCCC[C@H]1CC1C=IC=CC1. The molecule has 1 unspecified atom stereocenters. The van der Waals surface area contributed by atoms with Crippen molar-refractivity contribution in [3.8, 4) is 0 Å². The number of halogens is 1. The van der Waals surface area contributed by atoms with Crippen LogP contribution in [-0.2, 0) is 0 Å². The van der Waals surface area contributed by atoms with Crippen LogP contribution in [0.4, 0.5) is 0 Å². The Morgan fingerprint density at radius 3 is 3.14 bits per heavy atom. The molecule has 1 aliphatic heterocycles. The van der Waals surface area contributed by atoms with Crippen LogP contribution >= 0.6 is 20.7 Å². The Kier molecular flexibility index (Phi) is 3.79. The lowest BCUT2D eigenvalue weighted by Gasteiger charge is -2.24. The van der Waals surface area contributed by atoms with E-state index in [-0.39, 0.29) is 20.7 Å². The van der Waals surface area contributed by atoms with Gasteiger partial charge in [-0.05, 0) is 52.0 Å². The summed E-state index contributed by atoms with van der Waals surface area (Å²) in [7, 11) is 0. The minimum absolute atomic E-state index is 0.265. The third-order valence-electron chi connectivity index (χ3n) is 3.05. The zero-order valence-electron chi connectivity index (χ0n) is 8.45. The van der Waals surface area contributed by atoms with Crippen molar-refractivity contribution in [1.29, 1.82) is 0 Å². The fourth-order valence-corrected chi connectivity index (χ4v) is 4.21. The molecule has 0 aromatic carbocycles. The quantitative estimate of drug-likeness (QED) is 0.778. The fourth-order valence-electron chi connectivity index (χ4n) is 2.21. The van der Waals surface area contributed by atoms with Gasteiger partial charge in [-0.25, -0.2) is 0 Å². The van der Waals surface area contributed by atoms with Crippen molar-refractivity contribution in [2.24, 2.45) is 17.6 Å². The van der Waals surface area contributed by atoms with E-state index in [0.29, 0.717) is 5.92 Å². The van der Waals surface area contributed by atoms with Gasteiger partial charge in [-0.2, -0.15) is 0 Å². The highest BCUT2D eigenvalue weighted by Gasteiger charge is 2.19. The molecule has 2 aliphatic rings. The molecule has 14 heavy (non-hydrogen) atoms. The van der Waals surface area contributed by atoms with Gasteiger partial charge in [0.05, 0.1) is 0 Å². The molecular formula is C12H18IN. The number of rotatable bonds is 2. The average molecular weight is 303 g/mol. The molecule has 1 aliphatic carbocycles. The topological polar surface area (TPSA) is 26.0 Å². The molecule has 2 heteroatoms. The normalized spacial score (nSPS) is 32.1. The summed E-state index contributed by atoms with van der Waals surface area (Å²) in [5.41, 5.74) is 7.20. The van der Waals surface area contributed by atoms with Crippen molar-refractivity contribution in [3.05, 3.63) is 21.9 Å². The first-order chi connectivity index (χ1) is 6.86. The first-order valence-corrected chi connectivity index (χ1v) is 7.91. The minimum Gasteiger partial charge on any atom is -0.402 e. The van der Waals surface area contributed by atoms with Crippen LogP contribution in [0.5, 0.6) is 0 Å². The van der Waals surface area contributed by atoms with Gasteiger partial charge in [-0.3, -0.25) is 0 Å². The molecule has 0 amide bonds. The van der Waals surface area contributed by atoms with Crippen molar-refractivity contribution in [1.82, 2.24) is 0 Å². The highest BCUT2D eigenvalue weighted by atomic mass is 127. The second-order valence-corrected chi connectivity index (χ2v) is 6.33. The first kappa shape index (κ1) is 10.4. The Hall–Kier alpha value is -0.120. The van der Waals surface area contributed by atoms with Gasteiger partial charge < -0.3 is 5.73 Å². The molecule has 0 saturated heterocycles. The van der Waals surface area contributed by atoms with Gasteiger partial charge in [0.15, 0.2) is 0 Å². The zero-order valence-corrected chi connectivity index (χ0v) is 10.6. The Balaban J connectivity index is 1.90. The summed E-state index contributed by atoms with van der Waals surface area (Å²) in [6.07, 6.45) is 11.0. The van der Waals surface area contributed by atoms with E-state index in [0.717, 1.165) is 11.6 Å². The molecule has 2 rings (SSSR count). The largest absolute Gasteiger partial charge is 0.402 e. The van der Waals surface area contributed by atoms with Crippen LogP contribution < -0.4 is 5.73 Å². The lowest BCUT2D eigenvalue weighted by Crippen LogP contribution is -2.19. The fraction of sp³-hybridized carbons (Fsp3) is 0.583. The maximum absolute atomic E-state index is 6.03. The van der Waals surface area contributed by atoms with Gasteiger partial charge >= 0.3 is 0 Å². The molecule has 0 bridgehead atoms. The first-order valence-electron chi connectivity index (χ1n) is 5.42. The minimum atomic E-state index is 0.265. The van der Waals surface area contributed by atoms with Gasteiger partial charge in [0.1, 0.15) is 0 Å². The number of nitrogens with two attached hydrogens (primary N) is 1. The van der Waals surface area contributed by atoms with E-state index in [9.17, 15) is 0 Å². The van der Waals surface area contributed by atoms with Crippen LogP contribution in [0.25, 0.3) is 0 Å². The van der Waals surface area contributed by atoms with E-state index < -0.39 is 0 Å². The van der Waals surface area contributed by atoms with Crippen LogP contribution in [0.3, 0.4) is 0 Å². The molecular weight excluding hydrogens is 285 g/mol. The van der Waals surface area contributed by atoms with E-state index in [1.165, 1.54) is 32.1 Å². The molecule has 0 aromatic rings. The van der Waals surface area contributed by atoms with Gasteiger partial charge in [0, 0.05) is 5.70 Å². The van der Waals surface area contributed by atoms with Crippen molar-refractivity contribution in [2.45, 2.75) is 32.1 Å². The van der Waals surface area contributed by atoms with Crippen LogP contribution in [-0.4, -0.2) is 4.01 Å². The highest BCUT2D eigenvalue weighted by molar-refractivity contribution is 14.2. The third kappa shape index (κ3) is 2.69. The summed E-state index contributed by atoms with van der Waals surface area (Å²) >= 11 is 0.265. The van der Waals surface area contributed by atoms with E-state index in [2.05, 4.69) is 20.2 Å². The molecule has 1 nitrogen and oxygen atoms in total. The lowest BCUT2D eigenvalue weighted by atomic mass is 9.84. The summed E-state index contributed by atoms with van der Waals surface area (Å²) in [6.45, 7) is 0. The summed E-state index contributed by atoms with van der Waals surface area (Å²) in [6, 6.07) is 0. The molecule has 2 atom stereocenters. The molecule has 0 radical (unpaired) electrons. The smallest absolute Gasteiger partial charge is 0.00717 e. The molecule has 2 N–H and O–H groups in total. The van der Waals surface area contributed by atoms with Crippen molar-refractivity contribution in [3.63, 3.8) is 0 Å². The van der Waals surface area contributed by atoms with Crippen molar-refractivity contribution >= 4 is 24.7 Å². The van der Waals surface area contributed by atoms with Crippen LogP contribution in [0.15, 0.2) is 21.9 Å². The van der Waals surface area contributed by atoms with Gasteiger partial charge in [0.2, 0.25) is 0 Å². The van der Waals surface area contributed by atoms with Crippen molar-refractivity contribution < 1.29 is 0 Å². The standard InChI is InChI=1S/C12H18IN/c14-12-6-2-1-5-11(12)8-10-4-3-7-13-9-10/h3,6-7,9-11H,1-2,4-5,8,14H2/t10?,11-/m0/s1. The molecule has 1 heterocycles. The van der Waals surface area contributed by atoms with Gasteiger partial charge in [-0.1, -0.05) is 32.9 Å². The summed E-state index contributed by atoms with van der Waals surface area (Å²) in [5.74, 6) is 1.50. The molecule has 0 saturated carbocycles. The molecule has 0 spiro atoms. The Labute approximate surface area is 96.2 Å². The maximum Gasteiger partial charge on any atom is 0.00717 e. The van der Waals surface area contributed by atoms with Crippen molar-refractivity contribution in [2.75, 3.05) is 0 Å². The van der Waals surface area contributed by atoms with Crippen LogP contribution in [0.1, 0.15) is 32.1 Å². The third-order valence-corrected chi connectivity index (χ3v) is 5.40. The maximum atomic E-state index is 6.03. The predicted molar refractivity (Wildman–Crippen MR) is 71.6 cm³/mol. The summed E-state index contributed by atoms with van der Waals surface area (Å²) < 4.78 is 4.93. The summed E-state index contributed by atoms with van der Waals surface area (Å²) in [5, 5.41) is 0. The van der Waals surface area contributed by atoms with Gasteiger partial charge in [-0.15, -0.1) is 0 Å². The van der Waals surface area contributed by atoms with Gasteiger partial charge in [0.25, 0.3) is 0 Å². The molecule has 0 aromatic heterocycles. The van der Waals surface area contributed by atoms with E-state index in [1.807, 2.05) is 0 Å². The van der Waals surface area contributed by atoms with E-state index in [4.69, 9.17) is 5.73 Å². The molecule has 0 fully saturated rings. The second kappa shape index (κ2) is 5.10. The highest BCUT2D eigenvalue weighted by Crippen LogP contribution is 2.30. The van der Waals surface area contributed by atoms with Crippen LogP contribution in [0, 0.1) is 11.8 Å². The number of hydrogen-bond donors (Lipinski definition) is 1. The average Bonchev–Trinajstić information content (AvgIpc) is 2.23. The number of allylic oxidation sites excluding steroid dienone is 3. The predicted octanol–water partition coefficient (Wildman–Crippen LogP) is 3.33. The zero-order chi connectivity index (χ0) is 9.80. The lowest BCUT2D eigenvalue weighted by molar-refractivity contribution is 0.432.